The lowest BCUT2D eigenvalue weighted by Crippen LogP contribution is -2.21. The smallest absolute Gasteiger partial charge is 0.267 e. The number of rotatable bonds is 19. The summed E-state index contributed by atoms with van der Waals surface area (Å²) in [6.45, 7) is 4.37. The number of aliphatic hydroxyl groups excluding tert-OH is 1. The van der Waals surface area contributed by atoms with Crippen molar-refractivity contribution in [2.75, 3.05) is 0 Å². The van der Waals surface area contributed by atoms with Crippen LogP contribution in [0.3, 0.4) is 0 Å². The summed E-state index contributed by atoms with van der Waals surface area (Å²) >= 11 is 0. The molecule has 0 rings (SSSR count). The van der Waals surface area contributed by atoms with Gasteiger partial charge in [-0.05, 0) is 32.1 Å². The van der Waals surface area contributed by atoms with E-state index in [0.717, 1.165) is 32.1 Å². The van der Waals surface area contributed by atoms with Crippen LogP contribution < -0.4 is 0 Å². The van der Waals surface area contributed by atoms with E-state index < -0.39 is 15.4 Å². The van der Waals surface area contributed by atoms with E-state index in [1.165, 1.54) is 51.4 Å². The molecule has 0 heterocycles. The van der Waals surface area contributed by atoms with E-state index in [9.17, 15) is 18.1 Å². The van der Waals surface area contributed by atoms with Gasteiger partial charge in [-0.25, -0.2) is 0 Å². The Balaban J connectivity index is 3.81. The van der Waals surface area contributed by atoms with E-state index in [1.807, 2.05) is 0 Å². The minimum Gasteiger partial charge on any atom is -0.393 e. The molecule has 0 aliphatic carbocycles. The van der Waals surface area contributed by atoms with E-state index in [1.54, 1.807) is 0 Å². The molecule has 4 nitrogen and oxygen atoms in total. The zero-order valence-electron chi connectivity index (χ0n) is 17.3. The molecule has 0 fully saturated rings. The summed E-state index contributed by atoms with van der Waals surface area (Å²) in [5, 5.41) is 9.41. The Kier molecular flexibility index (Phi) is 16.9. The fourth-order valence-corrected chi connectivity index (χ4v) is 4.41. The molecule has 0 saturated heterocycles. The first-order valence-electron chi connectivity index (χ1n) is 11.1. The summed E-state index contributed by atoms with van der Waals surface area (Å²) in [4.78, 5) is 0. The van der Waals surface area contributed by atoms with Crippen molar-refractivity contribution >= 4 is 10.1 Å². The average molecular weight is 393 g/mol. The van der Waals surface area contributed by atoms with Crippen molar-refractivity contribution in [1.29, 1.82) is 0 Å². The van der Waals surface area contributed by atoms with Gasteiger partial charge in [0, 0.05) is 0 Å². The Morgan fingerprint density at radius 2 is 1.00 bits per heavy atom. The SMILES string of the molecule is CCCCCCCCCC(O)CCCC(CCCCCCC)S(=O)(=O)O. The molecular weight excluding hydrogens is 348 g/mol. The lowest BCUT2D eigenvalue weighted by Gasteiger charge is -2.15. The van der Waals surface area contributed by atoms with Crippen LogP contribution in [0, 0.1) is 0 Å². The lowest BCUT2D eigenvalue weighted by atomic mass is 10.0. The summed E-state index contributed by atoms with van der Waals surface area (Å²) in [6, 6.07) is 0. The van der Waals surface area contributed by atoms with Crippen LogP contribution >= 0.6 is 0 Å². The van der Waals surface area contributed by atoms with E-state index in [4.69, 9.17) is 0 Å². The zero-order chi connectivity index (χ0) is 19.7. The molecule has 0 aromatic carbocycles. The Morgan fingerprint density at radius 3 is 1.50 bits per heavy atom. The molecule has 0 amide bonds. The van der Waals surface area contributed by atoms with E-state index >= 15 is 0 Å². The maximum absolute atomic E-state index is 11.5. The molecule has 0 aromatic rings. The van der Waals surface area contributed by atoms with Crippen LogP contribution in [-0.4, -0.2) is 29.4 Å². The number of aliphatic hydroxyl groups is 1. The van der Waals surface area contributed by atoms with Crippen molar-refractivity contribution in [2.45, 2.75) is 134 Å². The van der Waals surface area contributed by atoms with E-state index in [-0.39, 0.29) is 6.10 Å². The maximum Gasteiger partial charge on any atom is 0.267 e. The molecule has 0 aliphatic rings. The van der Waals surface area contributed by atoms with Gasteiger partial charge in [0.25, 0.3) is 10.1 Å². The fourth-order valence-electron chi connectivity index (χ4n) is 3.48. The molecule has 2 N–H and O–H groups in total. The predicted molar refractivity (Wildman–Crippen MR) is 111 cm³/mol. The summed E-state index contributed by atoms with van der Waals surface area (Å²) in [7, 11) is -3.97. The summed E-state index contributed by atoms with van der Waals surface area (Å²) in [5.41, 5.74) is 0. The van der Waals surface area contributed by atoms with Gasteiger partial charge in [0.2, 0.25) is 0 Å². The van der Waals surface area contributed by atoms with E-state index in [2.05, 4.69) is 13.8 Å². The van der Waals surface area contributed by atoms with Gasteiger partial charge in [0.05, 0.1) is 11.4 Å². The van der Waals surface area contributed by atoms with Crippen LogP contribution in [0.4, 0.5) is 0 Å². The van der Waals surface area contributed by atoms with Gasteiger partial charge in [-0.15, -0.1) is 0 Å². The third-order valence-corrected chi connectivity index (χ3v) is 6.57. The molecule has 0 spiro atoms. The quantitative estimate of drug-likeness (QED) is 0.200. The van der Waals surface area contributed by atoms with E-state index in [0.29, 0.717) is 25.7 Å². The molecule has 2 atom stereocenters. The van der Waals surface area contributed by atoms with Crippen LogP contribution in [0.25, 0.3) is 0 Å². The van der Waals surface area contributed by atoms with Crippen molar-refractivity contribution in [1.82, 2.24) is 0 Å². The van der Waals surface area contributed by atoms with Gasteiger partial charge < -0.3 is 5.11 Å². The molecule has 158 valence electrons. The highest BCUT2D eigenvalue weighted by molar-refractivity contribution is 7.86. The van der Waals surface area contributed by atoms with Crippen LogP contribution in [0.2, 0.25) is 0 Å². The Labute approximate surface area is 162 Å². The first-order chi connectivity index (χ1) is 12.4. The standard InChI is InChI=1S/C21H44O4S/c1-3-5-7-9-10-12-13-16-20(22)17-15-19-21(26(23,24)25)18-14-11-8-6-4-2/h20-22H,3-19H2,1-2H3,(H,23,24,25). The highest BCUT2D eigenvalue weighted by atomic mass is 32.2. The van der Waals surface area contributed by atoms with Crippen molar-refractivity contribution in [3.8, 4) is 0 Å². The summed E-state index contributed by atoms with van der Waals surface area (Å²) in [5.74, 6) is 0. The largest absolute Gasteiger partial charge is 0.393 e. The van der Waals surface area contributed by atoms with Crippen molar-refractivity contribution in [3.05, 3.63) is 0 Å². The first-order valence-corrected chi connectivity index (χ1v) is 12.6. The minimum atomic E-state index is -3.97. The number of unbranched alkanes of at least 4 members (excludes halogenated alkanes) is 10. The van der Waals surface area contributed by atoms with Crippen LogP contribution in [0.5, 0.6) is 0 Å². The second kappa shape index (κ2) is 17.0. The molecule has 2 unspecified atom stereocenters. The predicted octanol–water partition coefficient (Wildman–Crippen LogP) is 6.28. The van der Waals surface area contributed by atoms with Crippen molar-refractivity contribution in [2.24, 2.45) is 0 Å². The van der Waals surface area contributed by atoms with Gasteiger partial charge >= 0.3 is 0 Å². The second-order valence-corrected chi connectivity index (χ2v) is 9.53. The topological polar surface area (TPSA) is 74.6 Å². The van der Waals surface area contributed by atoms with Crippen molar-refractivity contribution < 1.29 is 18.1 Å². The van der Waals surface area contributed by atoms with Crippen LogP contribution in [0.15, 0.2) is 0 Å². The monoisotopic (exact) mass is 392 g/mol. The highest BCUT2D eigenvalue weighted by Crippen LogP contribution is 2.19. The number of hydrogen-bond donors (Lipinski definition) is 2. The van der Waals surface area contributed by atoms with Gasteiger partial charge in [-0.1, -0.05) is 90.9 Å². The molecule has 5 heteroatoms. The summed E-state index contributed by atoms with van der Waals surface area (Å²) in [6.07, 6.45) is 16.8. The van der Waals surface area contributed by atoms with Gasteiger partial charge in [-0.3, -0.25) is 4.55 Å². The highest BCUT2D eigenvalue weighted by Gasteiger charge is 2.22. The normalized spacial score (nSPS) is 14.5. The van der Waals surface area contributed by atoms with Gasteiger partial charge in [-0.2, -0.15) is 8.42 Å². The van der Waals surface area contributed by atoms with Crippen LogP contribution in [0.1, 0.15) is 123 Å². The zero-order valence-corrected chi connectivity index (χ0v) is 18.1. The molecule has 26 heavy (non-hydrogen) atoms. The van der Waals surface area contributed by atoms with Gasteiger partial charge in [0.15, 0.2) is 0 Å². The lowest BCUT2D eigenvalue weighted by molar-refractivity contribution is 0.147. The van der Waals surface area contributed by atoms with Crippen molar-refractivity contribution in [3.63, 3.8) is 0 Å². The third kappa shape index (κ3) is 16.1. The fraction of sp³-hybridized carbons (Fsp3) is 1.00. The Morgan fingerprint density at radius 1 is 0.615 bits per heavy atom. The maximum atomic E-state index is 11.5. The molecular formula is C21H44O4S. The minimum absolute atomic E-state index is 0.336. The summed E-state index contributed by atoms with van der Waals surface area (Å²) < 4.78 is 32.5. The average Bonchev–Trinajstić information content (AvgIpc) is 2.58. The Bertz CT molecular complexity index is 395. The van der Waals surface area contributed by atoms with Crippen LogP contribution in [-0.2, 0) is 10.1 Å². The molecule has 0 aliphatic heterocycles. The molecule has 0 radical (unpaired) electrons. The van der Waals surface area contributed by atoms with Gasteiger partial charge in [0.1, 0.15) is 0 Å². The molecule has 0 saturated carbocycles. The first kappa shape index (κ1) is 25.9. The second-order valence-electron chi connectivity index (χ2n) is 7.83. The third-order valence-electron chi connectivity index (χ3n) is 5.26. The Hall–Kier alpha value is -0.130. The molecule has 0 bridgehead atoms. The molecule has 0 aromatic heterocycles. The number of hydrogen-bond acceptors (Lipinski definition) is 3.